The Kier molecular flexibility index (Phi) is 3.74. The van der Waals surface area contributed by atoms with Crippen LogP contribution in [0.5, 0.6) is 0 Å². The van der Waals surface area contributed by atoms with Crippen molar-refractivity contribution < 1.29 is 0 Å². The standard InChI is InChI=1S/C12H13BrClN3/c1-7-3-9(13)11(4-10(7)14)15-5-12-8(2)16-6-17-12/h3-4,6,15H,5H2,1-2H3,(H,16,17). The first-order valence-corrected chi connectivity index (χ1v) is 6.43. The molecule has 1 aromatic carbocycles. The topological polar surface area (TPSA) is 40.7 Å². The molecule has 2 rings (SSSR count). The van der Waals surface area contributed by atoms with Crippen molar-refractivity contribution in [2.45, 2.75) is 20.4 Å². The van der Waals surface area contributed by atoms with Crippen LogP contribution in [0.25, 0.3) is 0 Å². The van der Waals surface area contributed by atoms with Crippen LogP contribution in [0.3, 0.4) is 0 Å². The number of aromatic amines is 1. The summed E-state index contributed by atoms with van der Waals surface area (Å²) in [4.78, 5) is 7.29. The fourth-order valence-corrected chi connectivity index (χ4v) is 2.29. The highest BCUT2D eigenvalue weighted by Crippen LogP contribution is 2.29. The van der Waals surface area contributed by atoms with E-state index in [-0.39, 0.29) is 0 Å². The Hall–Kier alpha value is -1.00. The van der Waals surface area contributed by atoms with Crippen molar-refractivity contribution in [1.29, 1.82) is 0 Å². The summed E-state index contributed by atoms with van der Waals surface area (Å²) in [6.07, 6.45) is 1.70. The van der Waals surface area contributed by atoms with Gasteiger partial charge in [-0.05, 0) is 47.5 Å². The highest BCUT2D eigenvalue weighted by molar-refractivity contribution is 9.10. The highest BCUT2D eigenvalue weighted by atomic mass is 79.9. The number of hydrogen-bond donors (Lipinski definition) is 2. The van der Waals surface area contributed by atoms with E-state index in [0.717, 1.165) is 32.1 Å². The van der Waals surface area contributed by atoms with Crippen molar-refractivity contribution in [2.75, 3.05) is 5.32 Å². The minimum Gasteiger partial charge on any atom is -0.378 e. The van der Waals surface area contributed by atoms with Crippen molar-refractivity contribution in [3.8, 4) is 0 Å². The minimum absolute atomic E-state index is 0.674. The van der Waals surface area contributed by atoms with E-state index in [1.807, 2.05) is 26.0 Å². The van der Waals surface area contributed by atoms with Gasteiger partial charge in [0.05, 0.1) is 24.3 Å². The predicted octanol–water partition coefficient (Wildman–Crippen LogP) is 4.05. The van der Waals surface area contributed by atoms with Gasteiger partial charge in [0.25, 0.3) is 0 Å². The SMILES string of the molecule is Cc1cc(Br)c(NCc2nc[nH]c2C)cc1Cl. The third-order valence-electron chi connectivity index (χ3n) is 2.63. The van der Waals surface area contributed by atoms with Gasteiger partial charge in [0.1, 0.15) is 0 Å². The monoisotopic (exact) mass is 313 g/mol. The molecule has 1 aromatic heterocycles. The van der Waals surface area contributed by atoms with Crippen LogP contribution in [0.1, 0.15) is 17.0 Å². The van der Waals surface area contributed by atoms with Gasteiger partial charge in [-0.25, -0.2) is 4.98 Å². The molecule has 0 amide bonds. The molecule has 2 N–H and O–H groups in total. The second-order valence-corrected chi connectivity index (χ2v) is 5.17. The minimum atomic E-state index is 0.674. The van der Waals surface area contributed by atoms with Gasteiger partial charge < -0.3 is 10.3 Å². The van der Waals surface area contributed by atoms with E-state index in [1.54, 1.807) is 6.33 Å². The summed E-state index contributed by atoms with van der Waals surface area (Å²) in [6, 6.07) is 3.92. The first-order valence-electron chi connectivity index (χ1n) is 5.26. The molecule has 2 aromatic rings. The Balaban J connectivity index is 2.14. The van der Waals surface area contributed by atoms with E-state index >= 15 is 0 Å². The summed E-state index contributed by atoms with van der Waals surface area (Å²) in [5, 5.41) is 4.07. The fraction of sp³-hybridized carbons (Fsp3) is 0.250. The fourth-order valence-electron chi connectivity index (χ4n) is 1.53. The molecule has 1 heterocycles. The maximum absolute atomic E-state index is 6.10. The first-order chi connectivity index (χ1) is 8.08. The molecule has 0 bridgehead atoms. The van der Waals surface area contributed by atoms with Crippen molar-refractivity contribution >= 4 is 33.2 Å². The smallest absolute Gasteiger partial charge is 0.0925 e. The Labute approximate surface area is 114 Å². The van der Waals surface area contributed by atoms with E-state index in [4.69, 9.17) is 11.6 Å². The van der Waals surface area contributed by atoms with Crippen LogP contribution in [0.15, 0.2) is 22.9 Å². The first kappa shape index (κ1) is 12.5. The second kappa shape index (κ2) is 5.10. The van der Waals surface area contributed by atoms with Crippen LogP contribution >= 0.6 is 27.5 Å². The molecule has 17 heavy (non-hydrogen) atoms. The number of imidazole rings is 1. The third-order valence-corrected chi connectivity index (χ3v) is 3.69. The van der Waals surface area contributed by atoms with E-state index in [9.17, 15) is 0 Å². The van der Waals surface area contributed by atoms with Gasteiger partial charge in [-0.15, -0.1) is 0 Å². The molecule has 0 fully saturated rings. The van der Waals surface area contributed by atoms with E-state index < -0.39 is 0 Å². The third kappa shape index (κ3) is 2.82. The maximum Gasteiger partial charge on any atom is 0.0925 e. The number of anilines is 1. The molecule has 5 heteroatoms. The Morgan fingerprint density at radius 2 is 2.18 bits per heavy atom. The molecule has 0 aliphatic heterocycles. The zero-order valence-corrected chi connectivity index (χ0v) is 12.0. The lowest BCUT2D eigenvalue weighted by molar-refractivity contribution is 1.05. The molecule has 0 aliphatic carbocycles. The van der Waals surface area contributed by atoms with Gasteiger partial charge in [0.15, 0.2) is 0 Å². The van der Waals surface area contributed by atoms with Gasteiger partial charge in [-0.2, -0.15) is 0 Å². The second-order valence-electron chi connectivity index (χ2n) is 3.91. The number of aromatic nitrogens is 2. The average molecular weight is 315 g/mol. The number of aryl methyl sites for hydroxylation is 2. The van der Waals surface area contributed by atoms with Gasteiger partial charge in [-0.1, -0.05) is 11.6 Å². The summed E-state index contributed by atoms with van der Waals surface area (Å²) in [5.41, 5.74) is 4.11. The average Bonchev–Trinajstić information content (AvgIpc) is 2.68. The molecule has 0 unspecified atom stereocenters. The van der Waals surface area contributed by atoms with Crippen LogP contribution in [-0.4, -0.2) is 9.97 Å². The van der Waals surface area contributed by atoms with Crippen molar-refractivity contribution in [1.82, 2.24) is 9.97 Å². The Morgan fingerprint density at radius 3 is 2.82 bits per heavy atom. The molecular weight excluding hydrogens is 302 g/mol. The number of halogens is 2. The van der Waals surface area contributed by atoms with Gasteiger partial charge >= 0.3 is 0 Å². The lowest BCUT2D eigenvalue weighted by atomic mass is 10.2. The van der Waals surface area contributed by atoms with Crippen LogP contribution in [-0.2, 0) is 6.54 Å². The van der Waals surface area contributed by atoms with Crippen LogP contribution in [0, 0.1) is 13.8 Å². The molecule has 3 nitrogen and oxygen atoms in total. The molecule has 0 atom stereocenters. The highest BCUT2D eigenvalue weighted by Gasteiger charge is 2.06. The summed E-state index contributed by atoms with van der Waals surface area (Å²) in [5.74, 6) is 0. The van der Waals surface area contributed by atoms with E-state index in [1.165, 1.54) is 0 Å². The zero-order valence-electron chi connectivity index (χ0n) is 9.64. The number of nitrogens with one attached hydrogen (secondary N) is 2. The lowest BCUT2D eigenvalue weighted by Gasteiger charge is -2.10. The number of H-pyrrole nitrogens is 1. The van der Waals surface area contributed by atoms with Crippen molar-refractivity contribution in [3.05, 3.63) is 44.9 Å². The quantitative estimate of drug-likeness (QED) is 0.897. The number of benzene rings is 1. The summed E-state index contributed by atoms with van der Waals surface area (Å²) < 4.78 is 1.01. The summed E-state index contributed by atoms with van der Waals surface area (Å²) in [7, 11) is 0. The maximum atomic E-state index is 6.10. The van der Waals surface area contributed by atoms with E-state index in [0.29, 0.717) is 6.54 Å². The number of rotatable bonds is 3. The summed E-state index contributed by atoms with van der Waals surface area (Å²) >= 11 is 9.61. The van der Waals surface area contributed by atoms with Crippen molar-refractivity contribution in [2.24, 2.45) is 0 Å². The lowest BCUT2D eigenvalue weighted by Crippen LogP contribution is -2.02. The Morgan fingerprint density at radius 1 is 1.41 bits per heavy atom. The van der Waals surface area contributed by atoms with Gasteiger partial charge in [0, 0.05) is 15.2 Å². The molecule has 0 saturated carbocycles. The van der Waals surface area contributed by atoms with Crippen LogP contribution < -0.4 is 5.32 Å². The largest absolute Gasteiger partial charge is 0.378 e. The number of nitrogens with zero attached hydrogens (tertiary/aromatic N) is 1. The van der Waals surface area contributed by atoms with Gasteiger partial charge in [0.2, 0.25) is 0 Å². The van der Waals surface area contributed by atoms with E-state index in [2.05, 4.69) is 31.2 Å². The Bertz CT molecular complexity index is 537. The molecule has 0 aliphatic rings. The predicted molar refractivity (Wildman–Crippen MR) is 74.5 cm³/mol. The molecule has 0 radical (unpaired) electrons. The molecular formula is C12H13BrClN3. The zero-order chi connectivity index (χ0) is 12.4. The molecule has 0 saturated heterocycles. The molecule has 0 spiro atoms. The van der Waals surface area contributed by atoms with Crippen molar-refractivity contribution in [3.63, 3.8) is 0 Å². The molecule has 90 valence electrons. The normalized spacial score (nSPS) is 10.6. The van der Waals surface area contributed by atoms with Gasteiger partial charge in [-0.3, -0.25) is 0 Å². The summed E-state index contributed by atoms with van der Waals surface area (Å²) in [6.45, 7) is 4.66. The van der Waals surface area contributed by atoms with Crippen LogP contribution in [0.2, 0.25) is 5.02 Å². The van der Waals surface area contributed by atoms with Crippen LogP contribution in [0.4, 0.5) is 5.69 Å². The number of hydrogen-bond acceptors (Lipinski definition) is 2.